The molecule has 0 bridgehead atoms. The first-order valence-electron chi connectivity index (χ1n) is 6.17. The number of aryl methyl sites for hydroxylation is 1. The quantitative estimate of drug-likeness (QED) is 0.884. The van der Waals surface area contributed by atoms with Gasteiger partial charge < -0.3 is 10.1 Å². The minimum Gasteiger partial charge on any atom is -0.497 e. The molecule has 0 spiro atoms. The zero-order valence-electron chi connectivity index (χ0n) is 11.1. The van der Waals surface area contributed by atoms with Crippen LogP contribution in [0.1, 0.15) is 29.0 Å². The summed E-state index contributed by atoms with van der Waals surface area (Å²) in [5.74, 6) is 0.905. The highest BCUT2D eigenvalue weighted by atomic mass is 32.1. The molecule has 1 aromatic carbocycles. The second-order valence-corrected chi connectivity index (χ2v) is 5.37. The Balaban J connectivity index is 2.34. The molecular formula is C15H19NOS. The molecule has 1 unspecified atom stereocenters. The van der Waals surface area contributed by atoms with Crippen LogP contribution in [0.3, 0.4) is 0 Å². The minimum absolute atomic E-state index is 0.245. The van der Waals surface area contributed by atoms with Gasteiger partial charge in [0.15, 0.2) is 0 Å². The average Bonchev–Trinajstić information content (AvgIpc) is 2.82. The molecule has 0 fully saturated rings. The smallest absolute Gasteiger partial charge is 0.119 e. The maximum Gasteiger partial charge on any atom is 0.119 e. The van der Waals surface area contributed by atoms with Crippen molar-refractivity contribution in [3.8, 4) is 5.75 Å². The molecule has 2 rings (SSSR count). The molecule has 18 heavy (non-hydrogen) atoms. The molecule has 0 amide bonds. The van der Waals surface area contributed by atoms with Crippen LogP contribution in [-0.4, -0.2) is 13.7 Å². The molecular weight excluding hydrogens is 242 g/mol. The second kappa shape index (κ2) is 6.03. The molecule has 0 saturated carbocycles. The van der Waals surface area contributed by atoms with Crippen molar-refractivity contribution in [2.45, 2.75) is 19.9 Å². The van der Waals surface area contributed by atoms with Gasteiger partial charge in [-0.2, -0.15) is 0 Å². The number of benzene rings is 1. The van der Waals surface area contributed by atoms with E-state index in [-0.39, 0.29) is 6.04 Å². The standard InChI is InChI=1S/C15H19NOS/c1-4-16-15(13-8-11(2)18-10-13)12-6-5-7-14(9-12)17-3/h5-10,15-16H,4H2,1-3H3. The van der Waals surface area contributed by atoms with Crippen molar-refractivity contribution in [3.05, 3.63) is 51.7 Å². The summed E-state index contributed by atoms with van der Waals surface area (Å²) < 4.78 is 5.30. The molecule has 2 nitrogen and oxygen atoms in total. The monoisotopic (exact) mass is 261 g/mol. The van der Waals surface area contributed by atoms with Crippen LogP contribution in [0.2, 0.25) is 0 Å². The summed E-state index contributed by atoms with van der Waals surface area (Å²) in [6.07, 6.45) is 0. The van der Waals surface area contributed by atoms with E-state index in [9.17, 15) is 0 Å². The van der Waals surface area contributed by atoms with Crippen LogP contribution in [-0.2, 0) is 0 Å². The molecule has 0 aliphatic rings. The van der Waals surface area contributed by atoms with Gasteiger partial charge in [0.2, 0.25) is 0 Å². The molecule has 1 atom stereocenters. The van der Waals surface area contributed by atoms with E-state index < -0.39 is 0 Å². The lowest BCUT2D eigenvalue weighted by Gasteiger charge is -2.18. The molecule has 1 aromatic heterocycles. The van der Waals surface area contributed by atoms with Crippen LogP contribution in [0.15, 0.2) is 35.7 Å². The van der Waals surface area contributed by atoms with Gasteiger partial charge in [0.1, 0.15) is 5.75 Å². The number of rotatable bonds is 5. The highest BCUT2D eigenvalue weighted by Gasteiger charge is 2.14. The fraction of sp³-hybridized carbons (Fsp3) is 0.333. The molecule has 0 saturated heterocycles. The summed E-state index contributed by atoms with van der Waals surface area (Å²) in [7, 11) is 1.70. The number of methoxy groups -OCH3 is 1. The third kappa shape index (κ3) is 2.92. The lowest BCUT2D eigenvalue weighted by Crippen LogP contribution is -2.21. The van der Waals surface area contributed by atoms with Crippen molar-refractivity contribution in [2.75, 3.05) is 13.7 Å². The van der Waals surface area contributed by atoms with Crippen LogP contribution in [0.25, 0.3) is 0 Å². The van der Waals surface area contributed by atoms with Crippen molar-refractivity contribution in [1.82, 2.24) is 5.32 Å². The van der Waals surface area contributed by atoms with Crippen molar-refractivity contribution in [3.63, 3.8) is 0 Å². The highest BCUT2D eigenvalue weighted by Crippen LogP contribution is 2.28. The van der Waals surface area contributed by atoms with Crippen molar-refractivity contribution in [1.29, 1.82) is 0 Å². The van der Waals surface area contributed by atoms with Gasteiger partial charge in [-0.1, -0.05) is 19.1 Å². The van der Waals surface area contributed by atoms with Crippen molar-refractivity contribution in [2.24, 2.45) is 0 Å². The number of nitrogens with one attached hydrogen (secondary N) is 1. The van der Waals surface area contributed by atoms with E-state index in [1.165, 1.54) is 16.0 Å². The van der Waals surface area contributed by atoms with Crippen LogP contribution in [0, 0.1) is 6.92 Å². The van der Waals surface area contributed by atoms with E-state index in [0.29, 0.717) is 0 Å². The number of ether oxygens (including phenoxy) is 1. The van der Waals surface area contributed by atoms with Crippen LogP contribution in [0.5, 0.6) is 5.75 Å². The van der Waals surface area contributed by atoms with E-state index in [1.807, 2.05) is 12.1 Å². The maximum atomic E-state index is 5.30. The Morgan fingerprint density at radius 2 is 2.11 bits per heavy atom. The van der Waals surface area contributed by atoms with Crippen molar-refractivity contribution >= 4 is 11.3 Å². The van der Waals surface area contributed by atoms with Gasteiger partial charge in [0, 0.05) is 4.88 Å². The summed E-state index contributed by atoms with van der Waals surface area (Å²) >= 11 is 1.79. The Morgan fingerprint density at radius 3 is 2.72 bits per heavy atom. The molecule has 2 aromatic rings. The number of hydrogen-bond acceptors (Lipinski definition) is 3. The third-order valence-electron chi connectivity index (χ3n) is 2.92. The van der Waals surface area contributed by atoms with Gasteiger partial charge in [-0.3, -0.25) is 0 Å². The first-order valence-corrected chi connectivity index (χ1v) is 7.05. The fourth-order valence-electron chi connectivity index (χ4n) is 2.07. The number of thiophene rings is 1. The SMILES string of the molecule is CCNC(c1cccc(OC)c1)c1csc(C)c1. The van der Waals surface area contributed by atoms with E-state index in [2.05, 4.69) is 42.7 Å². The van der Waals surface area contributed by atoms with Gasteiger partial charge >= 0.3 is 0 Å². The number of hydrogen-bond donors (Lipinski definition) is 1. The largest absolute Gasteiger partial charge is 0.497 e. The Hall–Kier alpha value is -1.32. The summed E-state index contributed by atoms with van der Waals surface area (Å²) in [4.78, 5) is 1.34. The van der Waals surface area contributed by atoms with Crippen LogP contribution < -0.4 is 10.1 Å². The zero-order valence-corrected chi connectivity index (χ0v) is 11.9. The lowest BCUT2D eigenvalue weighted by atomic mass is 10.0. The van der Waals surface area contributed by atoms with E-state index in [4.69, 9.17) is 4.74 Å². The van der Waals surface area contributed by atoms with E-state index in [1.54, 1.807) is 18.4 Å². The maximum absolute atomic E-state index is 5.30. The molecule has 96 valence electrons. The van der Waals surface area contributed by atoms with E-state index in [0.717, 1.165) is 12.3 Å². The zero-order chi connectivity index (χ0) is 13.0. The lowest BCUT2D eigenvalue weighted by molar-refractivity contribution is 0.413. The molecule has 1 N–H and O–H groups in total. The third-order valence-corrected chi connectivity index (χ3v) is 3.80. The topological polar surface area (TPSA) is 21.3 Å². The molecule has 3 heteroatoms. The highest BCUT2D eigenvalue weighted by molar-refractivity contribution is 7.10. The predicted octanol–water partition coefficient (Wildman–Crippen LogP) is 3.76. The first kappa shape index (κ1) is 13.1. The predicted molar refractivity (Wildman–Crippen MR) is 77.6 cm³/mol. The van der Waals surface area contributed by atoms with Crippen LogP contribution in [0.4, 0.5) is 0 Å². The summed E-state index contributed by atoms with van der Waals surface area (Å²) in [5.41, 5.74) is 2.57. The first-order chi connectivity index (χ1) is 8.74. The normalized spacial score (nSPS) is 12.4. The Labute approximate surface area is 113 Å². The van der Waals surface area contributed by atoms with Gasteiger partial charge in [-0.05, 0) is 48.2 Å². The molecule has 1 heterocycles. The summed E-state index contributed by atoms with van der Waals surface area (Å²) in [6, 6.07) is 10.7. The minimum atomic E-state index is 0.245. The Kier molecular flexibility index (Phi) is 4.39. The molecule has 0 aliphatic carbocycles. The van der Waals surface area contributed by atoms with Crippen LogP contribution >= 0.6 is 11.3 Å². The van der Waals surface area contributed by atoms with Crippen molar-refractivity contribution < 1.29 is 4.74 Å². The average molecular weight is 261 g/mol. The second-order valence-electron chi connectivity index (χ2n) is 4.26. The fourth-order valence-corrected chi connectivity index (χ4v) is 2.80. The summed E-state index contributed by atoms with van der Waals surface area (Å²) in [6.45, 7) is 5.21. The summed E-state index contributed by atoms with van der Waals surface area (Å²) in [5, 5.41) is 5.76. The Morgan fingerprint density at radius 1 is 1.28 bits per heavy atom. The molecule has 0 radical (unpaired) electrons. The van der Waals surface area contributed by atoms with Gasteiger partial charge in [-0.15, -0.1) is 11.3 Å². The van der Waals surface area contributed by atoms with Gasteiger partial charge in [0.05, 0.1) is 13.2 Å². The van der Waals surface area contributed by atoms with Gasteiger partial charge in [0.25, 0.3) is 0 Å². The molecule has 0 aliphatic heterocycles. The van der Waals surface area contributed by atoms with E-state index >= 15 is 0 Å². The Bertz CT molecular complexity index is 507. The van der Waals surface area contributed by atoms with Gasteiger partial charge in [-0.25, -0.2) is 0 Å².